The quantitative estimate of drug-likeness (QED) is 0.707. The molecule has 0 aromatic carbocycles. The summed E-state index contributed by atoms with van der Waals surface area (Å²) in [6, 6.07) is 0. The van der Waals surface area contributed by atoms with E-state index in [0.717, 1.165) is 6.42 Å². The second-order valence-electron chi connectivity index (χ2n) is 5.92. The van der Waals surface area contributed by atoms with Crippen molar-refractivity contribution in [2.24, 2.45) is 5.92 Å². The number of carboxylic acids is 1. The maximum absolute atomic E-state index is 12.1. The number of aliphatic hydroxyl groups is 1. The molecule has 2 N–H and O–H groups in total. The fourth-order valence-electron chi connectivity index (χ4n) is 3.09. The van der Waals surface area contributed by atoms with Gasteiger partial charge in [-0.25, -0.2) is 4.79 Å². The molecule has 3 heterocycles. The molecule has 2 saturated heterocycles. The fraction of sp³-hybridized carbons (Fsp3) is 0.643. The number of hydrogen-bond donors (Lipinski definition) is 2. The standard InChI is InChI=1S/C14H18N2O5S2/c1-6(17)9-11(19)16-10(13(20)21)14(23-12(9)16)22-8-3-4-15(5-8)7(2)18/h6,8-9,12,17H,3-5H2,1-2H3,(H,20,21)/t6?,8?,9?,12-/m1/s1. The predicted octanol–water partition coefficient (Wildman–Crippen LogP) is 0.506. The van der Waals surface area contributed by atoms with Gasteiger partial charge >= 0.3 is 5.97 Å². The van der Waals surface area contributed by atoms with Crippen LogP contribution in [0.3, 0.4) is 0 Å². The lowest BCUT2D eigenvalue weighted by Crippen LogP contribution is -2.60. The summed E-state index contributed by atoms with van der Waals surface area (Å²) in [7, 11) is 0. The Morgan fingerprint density at radius 1 is 1.43 bits per heavy atom. The molecular formula is C14H18N2O5S2. The van der Waals surface area contributed by atoms with Gasteiger partial charge in [0.1, 0.15) is 5.37 Å². The van der Waals surface area contributed by atoms with E-state index in [9.17, 15) is 24.6 Å². The van der Waals surface area contributed by atoms with Crippen LogP contribution in [-0.4, -0.2) is 67.6 Å². The monoisotopic (exact) mass is 358 g/mol. The summed E-state index contributed by atoms with van der Waals surface area (Å²) >= 11 is 2.76. The van der Waals surface area contributed by atoms with Crippen molar-refractivity contribution in [1.29, 1.82) is 0 Å². The van der Waals surface area contributed by atoms with E-state index in [-0.39, 0.29) is 28.1 Å². The average Bonchev–Trinajstić information content (AvgIpc) is 3.02. The van der Waals surface area contributed by atoms with Gasteiger partial charge in [0.25, 0.3) is 0 Å². The maximum atomic E-state index is 12.1. The van der Waals surface area contributed by atoms with Crippen molar-refractivity contribution in [3.8, 4) is 0 Å². The first-order chi connectivity index (χ1) is 10.8. The summed E-state index contributed by atoms with van der Waals surface area (Å²) < 4.78 is 0.606. The molecule has 0 spiro atoms. The van der Waals surface area contributed by atoms with E-state index < -0.39 is 18.0 Å². The van der Waals surface area contributed by atoms with Gasteiger partial charge in [-0.15, -0.1) is 11.8 Å². The van der Waals surface area contributed by atoms with Gasteiger partial charge in [0.15, 0.2) is 5.70 Å². The highest BCUT2D eigenvalue weighted by molar-refractivity contribution is 8.23. The van der Waals surface area contributed by atoms with Crippen LogP contribution >= 0.6 is 23.5 Å². The normalized spacial score (nSPS) is 31.3. The van der Waals surface area contributed by atoms with Crippen LogP contribution in [0.2, 0.25) is 0 Å². The van der Waals surface area contributed by atoms with Gasteiger partial charge < -0.3 is 15.1 Å². The Labute approximate surface area is 142 Å². The van der Waals surface area contributed by atoms with Gasteiger partial charge in [0, 0.05) is 25.3 Å². The largest absolute Gasteiger partial charge is 0.477 e. The van der Waals surface area contributed by atoms with Crippen LogP contribution in [0.1, 0.15) is 20.3 Å². The highest BCUT2D eigenvalue weighted by Gasteiger charge is 2.58. The Morgan fingerprint density at radius 2 is 2.13 bits per heavy atom. The van der Waals surface area contributed by atoms with E-state index in [2.05, 4.69) is 0 Å². The number of hydrogen-bond acceptors (Lipinski definition) is 6. The minimum atomic E-state index is -1.12. The molecule has 0 aliphatic carbocycles. The molecule has 9 heteroatoms. The lowest BCUT2D eigenvalue weighted by Gasteiger charge is -2.43. The smallest absolute Gasteiger partial charge is 0.354 e. The molecule has 4 atom stereocenters. The molecule has 3 unspecified atom stereocenters. The number of carbonyl (C=O) groups excluding carboxylic acids is 2. The number of amides is 2. The SMILES string of the molecule is CC(=O)N1CCC(SC2=C(C(=O)O)N3C(=O)C(C(C)O)[C@H]3S2)C1. The van der Waals surface area contributed by atoms with Crippen LogP contribution in [0.5, 0.6) is 0 Å². The van der Waals surface area contributed by atoms with Crippen LogP contribution in [0.25, 0.3) is 0 Å². The third-order valence-electron chi connectivity index (χ3n) is 4.33. The number of aliphatic hydroxyl groups excluding tert-OH is 1. The van der Waals surface area contributed by atoms with Crippen molar-refractivity contribution >= 4 is 41.3 Å². The highest BCUT2D eigenvalue weighted by atomic mass is 32.2. The molecular weight excluding hydrogens is 340 g/mol. The Morgan fingerprint density at radius 3 is 2.65 bits per heavy atom. The third-order valence-corrected chi connectivity index (χ3v) is 7.19. The first-order valence-corrected chi connectivity index (χ1v) is 9.14. The number of rotatable bonds is 4. The number of nitrogens with zero attached hydrogens (tertiary/aromatic N) is 2. The first-order valence-electron chi connectivity index (χ1n) is 7.38. The molecule has 3 aliphatic heterocycles. The third kappa shape index (κ3) is 2.74. The number of β-lactam (4-membered cyclic amide) rings is 1. The predicted molar refractivity (Wildman–Crippen MR) is 86.3 cm³/mol. The second kappa shape index (κ2) is 6.03. The summed E-state index contributed by atoms with van der Waals surface area (Å²) in [5, 5.41) is 19.0. The van der Waals surface area contributed by atoms with Gasteiger partial charge in [-0.2, -0.15) is 0 Å². The molecule has 3 rings (SSSR count). The summed E-state index contributed by atoms with van der Waals surface area (Å²) in [4.78, 5) is 38.1. The van der Waals surface area contributed by atoms with Crippen LogP contribution in [0.15, 0.2) is 9.93 Å². The van der Waals surface area contributed by atoms with Crippen molar-refractivity contribution < 1.29 is 24.6 Å². The molecule has 2 amide bonds. The minimum absolute atomic E-state index is 0.0211. The van der Waals surface area contributed by atoms with Gasteiger partial charge in [-0.05, 0) is 13.3 Å². The molecule has 126 valence electrons. The van der Waals surface area contributed by atoms with Crippen molar-refractivity contribution in [3.05, 3.63) is 9.93 Å². The number of aliphatic carboxylic acids is 1. The van der Waals surface area contributed by atoms with E-state index in [1.807, 2.05) is 0 Å². The number of thioether (sulfide) groups is 2. The molecule has 2 fully saturated rings. The van der Waals surface area contributed by atoms with Crippen LogP contribution in [0.4, 0.5) is 0 Å². The van der Waals surface area contributed by atoms with E-state index in [1.165, 1.54) is 35.3 Å². The van der Waals surface area contributed by atoms with Crippen molar-refractivity contribution in [3.63, 3.8) is 0 Å². The summed E-state index contributed by atoms with van der Waals surface area (Å²) in [5.74, 6) is -1.99. The van der Waals surface area contributed by atoms with E-state index in [0.29, 0.717) is 17.3 Å². The molecule has 0 saturated carbocycles. The summed E-state index contributed by atoms with van der Waals surface area (Å²) in [6.07, 6.45) is 0.00922. The molecule has 0 bridgehead atoms. The number of likely N-dealkylation sites (tertiary alicyclic amines) is 1. The Kier molecular flexibility index (Phi) is 4.37. The second-order valence-corrected chi connectivity index (χ2v) is 8.61. The average molecular weight is 358 g/mol. The van der Waals surface area contributed by atoms with Gasteiger partial charge in [0.2, 0.25) is 11.8 Å². The van der Waals surface area contributed by atoms with Crippen molar-refractivity contribution in [1.82, 2.24) is 9.80 Å². The lowest BCUT2D eigenvalue weighted by atomic mass is 9.92. The minimum Gasteiger partial charge on any atom is -0.477 e. The Bertz CT molecular complexity index is 606. The molecule has 3 aliphatic rings. The zero-order valence-corrected chi connectivity index (χ0v) is 14.4. The number of carbonyl (C=O) groups is 3. The first kappa shape index (κ1) is 16.7. The molecule has 0 aromatic rings. The van der Waals surface area contributed by atoms with Gasteiger partial charge in [0.05, 0.1) is 16.3 Å². The summed E-state index contributed by atoms with van der Waals surface area (Å²) in [5.41, 5.74) is 0.0215. The molecule has 7 nitrogen and oxygen atoms in total. The maximum Gasteiger partial charge on any atom is 0.354 e. The molecule has 0 aromatic heterocycles. The lowest BCUT2D eigenvalue weighted by molar-refractivity contribution is -0.156. The molecule has 0 radical (unpaired) electrons. The van der Waals surface area contributed by atoms with Crippen LogP contribution in [0, 0.1) is 5.92 Å². The van der Waals surface area contributed by atoms with Crippen LogP contribution in [-0.2, 0) is 14.4 Å². The van der Waals surface area contributed by atoms with E-state index >= 15 is 0 Å². The van der Waals surface area contributed by atoms with E-state index in [1.54, 1.807) is 11.8 Å². The van der Waals surface area contributed by atoms with Gasteiger partial charge in [-0.1, -0.05) is 11.8 Å². The zero-order chi connectivity index (χ0) is 16.9. The van der Waals surface area contributed by atoms with Gasteiger partial charge in [-0.3, -0.25) is 14.5 Å². The van der Waals surface area contributed by atoms with Crippen LogP contribution < -0.4 is 0 Å². The zero-order valence-electron chi connectivity index (χ0n) is 12.8. The van der Waals surface area contributed by atoms with Crippen molar-refractivity contribution in [2.75, 3.05) is 13.1 Å². The fourth-order valence-corrected chi connectivity index (χ4v) is 6.42. The Hall–Kier alpha value is -1.19. The Balaban J connectivity index is 1.75. The summed E-state index contributed by atoms with van der Waals surface area (Å²) in [6.45, 7) is 4.34. The topological polar surface area (TPSA) is 98.2 Å². The number of carboxylic acid groups (broad SMARTS) is 1. The van der Waals surface area contributed by atoms with E-state index in [4.69, 9.17) is 0 Å². The number of fused-ring (bicyclic) bond motifs is 1. The molecule has 23 heavy (non-hydrogen) atoms. The van der Waals surface area contributed by atoms with Crippen molar-refractivity contribution in [2.45, 2.75) is 37.0 Å². The highest BCUT2D eigenvalue weighted by Crippen LogP contribution is 2.55.